The minimum Gasteiger partial charge on any atom is -0.386 e. The average Bonchev–Trinajstić information content (AvgIpc) is 3.46. The van der Waals surface area contributed by atoms with Crippen molar-refractivity contribution in [3.8, 4) is 0 Å². The van der Waals surface area contributed by atoms with Gasteiger partial charge in [-0.25, -0.2) is 0 Å². The Labute approximate surface area is 238 Å². The molecule has 5 atom stereocenters. The number of alkyl halides is 3. The first-order valence-electron chi connectivity index (χ1n) is 13.7. The number of amides is 2. The number of aryl methyl sites for hydroxylation is 1. The number of carbonyl (C=O) groups is 2. The minimum atomic E-state index is -4.58. The Bertz CT molecular complexity index is 1450. The van der Waals surface area contributed by atoms with E-state index in [2.05, 4.69) is 31.6 Å². The van der Waals surface area contributed by atoms with Crippen LogP contribution in [0, 0.1) is 10.8 Å². The molecule has 2 aromatic rings. The number of aliphatic hydroxyl groups excluding tert-OH is 1. The van der Waals surface area contributed by atoms with Gasteiger partial charge in [-0.2, -0.15) is 13.2 Å². The fourth-order valence-corrected chi connectivity index (χ4v) is 6.53. The van der Waals surface area contributed by atoms with E-state index in [1.165, 1.54) is 0 Å². The van der Waals surface area contributed by atoms with Crippen molar-refractivity contribution in [2.24, 2.45) is 0 Å². The summed E-state index contributed by atoms with van der Waals surface area (Å²) in [5, 5.41) is 43.0. The molecule has 3 aliphatic heterocycles. The molecule has 0 saturated carbocycles. The van der Waals surface area contributed by atoms with Crippen LogP contribution in [0.3, 0.4) is 0 Å². The lowest BCUT2D eigenvalue weighted by molar-refractivity contribution is -0.137. The zero-order valence-electron chi connectivity index (χ0n) is 22.3. The van der Waals surface area contributed by atoms with Gasteiger partial charge in [-0.15, -0.1) is 0 Å². The summed E-state index contributed by atoms with van der Waals surface area (Å²) in [7, 11) is 0. The summed E-state index contributed by atoms with van der Waals surface area (Å²) in [5.74, 6) is -1.24. The predicted molar refractivity (Wildman–Crippen MR) is 144 cm³/mol. The van der Waals surface area contributed by atoms with E-state index in [1.807, 2.05) is 12.1 Å². The number of pyridine rings is 1. The van der Waals surface area contributed by atoms with Gasteiger partial charge in [0, 0.05) is 24.8 Å². The molecule has 1 aliphatic carbocycles. The molecule has 1 aromatic heterocycles. The van der Waals surface area contributed by atoms with Gasteiger partial charge in [0.15, 0.2) is 17.6 Å². The summed E-state index contributed by atoms with van der Waals surface area (Å²) in [6.45, 7) is -0.0210. The van der Waals surface area contributed by atoms with Gasteiger partial charge in [0.25, 0.3) is 11.8 Å². The predicted octanol–water partition coefficient (Wildman–Crippen LogP) is 0.283. The maximum absolute atomic E-state index is 13.4. The van der Waals surface area contributed by atoms with Crippen LogP contribution in [-0.2, 0) is 19.0 Å². The first-order chi connectivity index (χ1) is 20.0. The number of aromatic nitrogens is 1. The molecule has 15 heteroatoms. The van der Waals surface area contributed by atoms with E-state index in [-0.39, 0.29) is 36.6 Å². The lowest BCUT2D eigenvalue weighted by Crippen LogP contribution is -2.78. The van der Waals surface area contributed by atoms with Gasteiger partial charge in [0.1, 0.15) is 11.8 Å². The molecule has 4 heterocycles. The van der Waals surface area contributed by atoms with Crippen molar-refractivity contribution in [2.75, 3.05) is 13.1 Å². The fraction of sp³-hybridized carbons (Fsp3) is 0.444. The van der Waals surface area contributed by atoms with Crippen molar-refractivity contribution in [2.45, 2.75) is 61.8 Å². The van der Waals surface area contributed by atoms with Crippen molar-refractivity contribution in [3.63, 3.8) is 0 Å². The van der Waals surface area contributed by atoms with Crippen LogP contribution in [0.5, 0.6) is 0 Å². The number of hydrogen-bond acceptors (Lipinski definition) is 6. The molecule has 1 aromatic carbocycles. The number of benzene rings is 1. The Morgan fingerprint density at radius 3 is 2.64 bits per heavy atom. The first-order valence-corrected chi connectivity index (χ1v) is 13.7. The zero-order chi connectivity index (χ0) is 29.8. The van der Waals surface area contributed by atoms with E-state index in [4.69, 9.17) is 10.8 Å². The highest BCUT2D eigenvalue weighted by Crippen LogP contribution is 2.38. The lowest BCUT2D eigenvalue weighted by atomic mass is 9.86. The summed E-state index contributed by atoms with van der Waals surface area (Å²) in [6, 6.07) is 5.15. The molecule has 8 N–H and O–H groups in total. The molecule has 3 fully saturated rings. The third-order valence-electron chi connectivity index (χ3n) is 8.51. The van der Waals surface area contributed by atoms with Gasteiger partial charge in [-0.3, -0.25) is 25.4 Å². The molecular weight excluding hydrogens is 555 g/mol. The summed E-state index contributed by atoms with van der Waals surface area (Å²) < 4.78 is 38.5. The molecule has 222 valence electrons. The van der Waals surface area contributed by atoms with Gasteiger partial charge < -0.3 is 36.6 Å². The third-order valence-corrected chi connectivity index (χ3v) is 8.51. The van der Waals surface area contributed by atoms with Crippen LogP contribution in [0.25, 0.3) is 0 Å². The summed E-state index contributed by atoms with van der Waals surface area (Å²) >= 11 is 0. The molecule has 1 spiro atoms. The normalized spacial score (nSPS) is 28.0. The minimum absolute atomic E-state index is 0.0841. The summed E-state index contributed by atoms with van der Waals surface area (Å²) in [4.78, 5) is 31.2. The van der Waals surface area contributed by atoms with E-state index < -0.39 is 47.5 Å². The number of guanidine groups is 2. The fourth-order valence-electron chi connectivity index (χ4n) is 6.53. The second-order valence-electron chi connectivity index (χ2n) is 11.0. The number of aliphatic hydroxyl groups is 1. The molecule has 2 unspecified atom stereocenters. The van der Waals surface area contributed by atoms with E-state index in [0.717, 1.165) is 48.9 Å². The van der Waals surface area contributed by atoms with Gasteiger partial charge in [-0.05, 0) is 55.0 Å². The standard InChI is InChI=1S/C27H30F3N9O3/c28-27(29,30)14-8-9-17(33-10-14)23(42)34-11-18-20-26(38-24(31)37-20)21(40)19(12-39(26)25(32)36-18)35-22(41)16-7-3-5-13-4-1-2-6-15(13)16/h3,5,7-10,18-21,40H,1-2,4,6,11-12H2,(H2,32,36)(H,34,42)(H,35,41)(H3,31,37,38)/t18-,19?,20-,21+,26?/m0/s1. The van der Waals surface area contributed by atoms with Crippen LogP contribution < -0.4 is 26.6 Å². The van der Waals surface area contributed by atoms with Crippen molar-refractivity contribution in [1.29, 1.82) is 10.8 Å². The molecule has 4 aliphatic rings. The number of hydrogen-bond donors (Lipinski definition) is 8. The van der Waals surface area contributed by atoms with Gasteiger partial charge >= 0.3 is 6.18 Å². The van der Waals surface area contributed by atoms with Crippen LogP contribution in [-0.4, -0.2) is 81.7 Å². The highest BCUT2D eigenvalue weighted by atomic mass is 19.4. The molecule has 2 amide bonds. The third kappa shape index (κ3) is 4.57. The second kappa shape index (κ2) is 10.2. The van der Waals surface area contributed by atoms with Crippen molar-refractivity contribution in [1.82, 2.24) is 36.5 Å². The molecule has 12 nitrogen and oxygen atoms in total. The zero-order valence-corrected chi connectivity index (χ0v) is 22.3. The van der Waals surface area contributed by atoms with Crippen molar-refractivity contribution < 1.29 is 27.9 Å². The largest absolute Gasteiger partial charge is 0.417 e. The van der Waals surface area contributed by atoms with Crippen molar-refractivity contribution in [3.05, 3.63) is 64.5 Å². The lowest BCUT2D eigenvalue weighted by Gasteiger charge is -2.49. The Hall–Kier alpha value is -4.40. The Morgan fingerprint density at radius 1 is 1.12 bits per heavy atom. The number of carbonyl (C=O) groups excluding carboxylic acids is 2. The van der Waals surface area contributed by atoms with Crippen LogP contribution in [0.4, 0.5) is 13.2 Å². The molecule has 6 rings (SSSR count). The number of nitrogens with one attached hydrogen (secondary N) is 7. The smallest absolute Gasteiger partial charge is 0.386 e. The molecule has 3 saturated heterocycles. The maximum atomic E-state index is 13.4. The van der Waals surface area contributed by atoms with E-state index in [1.54, 1.807) is 11.0 Å². The first kappa shape index (κ1) is 27.8. The number of nitrogens with zero attached hydrogens (tertiary/aromatic N) is 2. The van der Waals surface area contributed by atoms with Crippen LogP contribution >= 0.6 is 0 Å². The van der Waals surface area contributed by atoms with Gasteiger partial charge in [-0.1, -0.05) is 12.1 Å². The quantitative estimate of drug-likeness (QED) is 0.247. The van der Waals surface area contributed by atoms with Crippen LogP contribution in [0.2, 0.25) is 0 Å². The number of halogens is 3. The highest BCUT2D eigenvalue weighted by Gasteiger charge is 2.66. The SMILES string of the molecule is N=C1N[C@H]2[C@H](CNC(=O)c3ccc(C(F)(F)F)cn3)NC(=N)N3CC(NC(=O)c4cccc5c4CCCC5)[C@@H](O)C23N1. The van der Waals surface area contributed by atoms with Gasteiger partial charge in [0.05, 0.1) is 23.7 Å². The van der Waals surface area contributed by atoms with E-state index in [0.29, 0.717) is 11.8 Å². The molecule has 0 radical (unpaired) electrons. The average molecular weight is 586 g/mol. The van der Waals surface area contributed by atoms with Crippen LogP contribution in [0.1, 0.15) is 50.4 Å². The maximum Gasteiger partial charge on any atom is 0.417 e. The van der Waals surface area contributed by atoms with E-state index in [9.17, 15) is 27.9 Å². The van der Waals surface area contributed by atoms with Crippen molar-refractivity contribution >= 4 is 23.7 Å². The Morgan fingerprint density at radius 2 is 1.90 bits per heavy atom. The molecule has 0 bridgehead atoms. The molecule has 42 heavy (non-hydrogen) atoms. The summed E-state index contributed by atoms with van der Waals surface area (Å²) in [5.41, 5.74) is 0.144. The summed E-state index contributed by atoms with van der Waals surface area (Å²) in [6.07, 6.45) is -1.48. The molecular formula is C27H30F3N9O3. The topological polar surface area (TPSA) is 178 Å². The highest BCUT2D eigenvalue weighted by molar-refractivity contribution is 5.97. The number of rotatable bonds is 5. The second-order valence-corrected chi connectivity index (χ2v) is 11.0. The van der Waals surface area contributed by atoms with E-state index >= 15 is 0 Å². The monoisotopic (exact) mass is 585 g/mol. The van der Waals surface area contributed by atoms with Crippen LogP contribution in [0.15, 0.2) is 36.5 Å². The Balaban J connectivity index is 1.18. The Kier molecular flexibility index (Phi) is 6.71. The van der Waals surface area contributed by atoms with Gasteiger partial charge in [0.2, 0.25) is 0 Å². The number of fused-ring (bicyclic) bond motifs is 1.